The van der Waals surface area contributed by atoms with Crippen molar-refractivity contribution in [3.05, 3.63) is 23.8 Å². The fraction of sp³-hybridized carbons (Fsp3) is 0.762. The summed E-state index contributed by atoms with van der Waals surface area (Å²) >= 11 is 0. The summed E-state index contributed by atoms with van der Waals surface area (Å²) in [5, 5.41) is 10.6. The van der Waals surface area contributed by atoms with Gasteiger partial charge >= 0.3 is 0 Å². The average Bonchev–Trinajstić information content (AvgIpc) is 2.85. The van der Waals surface area contributed by atoms with E-state index in [1.165, 1.54) is 5.57 Å². The zero-order valence-electron chi connectivity index (χ0n) is 15.1. The summed E-state index contributed by atoms with van der Waals surface area (Å²) in [6.45, 7) is 5.33. The van der Waals surface area contributed by atoms with Crippen LogP contribution in [0.25, 0.3) is 0 Å². The van der Waals surface area contributed by atoms with Crippen molar-refractivity contribution in [2.45, 2.75) is 52.1 Å². The standard InChI is InChI=1S/C21H30O3/c1-20-8-6-14(22)11-18(20)13(12-24-3)10-15-16-4-5-19(23)21(16,2)9-7-17(15)20/h6,8,11,13,15-17,19,23H,4-5,7,9-10,12H2,1-3H3. The van der Waals surface area contributed by atoms with Gasteiger partial charge in [0.05, 0.1) is 12.7 Å². The van der Waals surface area contributed by atoms with Crippen molar-refractivity contribution in [1.82, 2.24) is 0 Å². The highest BCUT2D eigenvalue weighted by atomic mass is 16.5. The van der Waals surface area contributed by atoms with Crippen molar-refractivity contribution >= 4 is 5.78 Å². The molecule has 0 radical (unpaired) electrons. The molecule has 3 fully saturated rings. The molecule has 0 heterocycles. The number of carbonyl (C=O) groups is 1. The highest BCUT2D eigenvalue weighted by Crippen LogP contribution is 2.65. The first-order valence-electron chi connectivity index (χ1n) is 9.52. The van der Waals surface area contributed by atoms with Gasteiger partial charge in [-0.2, -0.15) is 0 Å². The van der Waals surface area contributed by atoms with Crippen molar-refractivity contribution in [1.29, 1.82) is 0 Å². The first-order valence-corrected chi connectivity index (χ1v) is 9.52. The molecule has 3 heteroatoms. The fourth-order valence-electron chi connectivity index (χ4n) is 6.75. The number of hydrogen-bond donors (Lipinski definition) is 1. The number of hydrogen-bond acceptors (Lipinski definition) is 3. The molecule has 24 heavy (non-hydrogen) atoms. The smallest absolute Gasteiger partial charge is 0.178 e. The Morgan fingerprint density at radius 1 is 1.25 bits per heavy atom. The number of fused-ring (bicyclic) bond motifs is 5. The number of carbonyl (C=O) groups excluding carboxylic acids is 1. The second kappa shape index (κ2) is 5.54. The van der Waals surface area contributed by atoms with E-state index in [4.69, 9.17) is 4.74 Å². The molecule has 0 bridgehead atoms. The molecule has 4 aliphatic rings. The summed E-state index contributed by atoms with van der Waals surface area (Å²) in [5.74, 6) is 2.27. The maximum Gasteiger partial charge on any atom is 0.178 e. The van der Waals surface area contributed by atoms with Crippen molar-refractivity contribution in [3.63, 3.8) is 0 Å². The van der Waals surface area contributed by atoms with Gasteiger partial charge in [0.1, 0.15) is 0 Å². The van der Waals surface area contributed by atoms with Gasteiger partial charge in [0, 0.05) is 18.4 Å². The van der Waals surface area contributed by atoms with Gasteiger partial charge < -0.3 is 9.84 Å². The van der Waals surface area contributed by atoms with Gasteiger partial charge in [0.15, 0.2) is 5.78 Å². The van der Waals surface area contributed by atoms with Gasteiger partial charge in [-0.05, 0) is 67.4 Å². The Balaban J connectivity index is 1.74. The Morgan fingerprint density at radius 3 is 2.79 bits per heavy atom. The lowest BCUT2D eigenvalue weighted by molar-refractivity contribution is -0.111. The van der Waals surface area contributed by atoms with Crippen LogP contribution in [0.1, 0.15) is 46.0 Å². The number of rotatable bonds is 2. The summed E-state index contributed by atoms with van der Waals surface area (Å²) < 4.78 is 5.52. The minimum absolute atomic E-state index is 0.0190. The first-order chi connectivity index (χ1) is 11.4. The second-order valence-electron chi connectivity index (χ2n) is 9.02. The highest BCUT2D eigenvalue weighted by molar-refractivity contribution is 6.01. The molecule has 0 saturated heterocycles. The number of allylic oxidation sites excluding steroid dienone is 3. The molecular weight excluding hydrogens is 300 g/mol. The van der Waals surface area contributed by atoms with Crippen molar-refractivity contribution in [3.8, 4) is 0 Å². The molecule has 7 unspecified atom stereocenters. The Labute approximate surface area is 145 Å². The van der Waals surface area contributed by atoms with Gasteiger partial charge in [0.25, 0.3) is 0 Å². The summed E-state index contributed by atoms with van der Waals surface area (Å²) in [6.07, 6.45) is 11.2. The summed E-state index contributed by atoms with van der Waals surface area (Å²) in [7, 11) is 1.76. The molecule has 4 rings (SSSR count). The van der Waals surface area contributed by atoms with E-state index in [-0.39, 0.29) is 22.7 Å². The number of aliphatic hydroxyl groups excluding tert-OH is 1. The highest BCUT2D eigenvalue weighted by Gasteiger charge is 2.59. The SMILES string of the molecule is COCC1CC2C(CCC3(C)C(O)CCC23)C2(C)C=CC(=O)C=C12. The number of ether oxygens (including phenoxy) is 1. The third-order valence-electron chi connectivity index (χ3n) is 8.04. The van der Waals surface area contributed by atoms with Gasteiger partial charge in [-0.3, -0.25) is 4.79 Å². The third-order valence-corrected chi connectivity index (χ3v) is 8.04. The van der Waals surface area contributed by atoms with Crippen LogP contribution in [0.15, 0.2) is 23.8 Å². The van der Waals surface area contributed by atoms with Crippen LogP contribution < -0.4 is 0 Å². The van der Waals surface area contributed by atoms with Gasteiger partial charge in [-0.1, -0.05) is 25.5 Å². The summed E-state index contributed by atoms with van der Waals surface area (Å²) in [5.41, 5.74) is 1.36. The number of methoxy groups -OCH3 is 1. The van der Waals surface area contributed by atoms with E-state index in [9.17, 15) is 9.90 Å². The summed E-state index contributed by atoms with van der Waals surface area (Å²) in [6, 6.07) is 0. The molecule has 7 atom stereocenters. The van der Waals surface area contributed by atoms with Crippen molar-refractivity contribution < 1.29 is 14.6 Å². The molecule has 3 nitrogen and oxygen atoms in total. The van der Waals surface area contributed by atoms with Crippen LogP contribution in [0.5, 0.6) is 0 Å². The van der Waals surface area contributed by atoms with Gasteiger partial charge in [-0.25, -0.2) is 0 Å². The predicted octanol–water partition coefficient (Wildman–Crippen LogP) is 3.53. The van der Waals surface area contributed by atoms with E-state index in [1.54, 1.807) is 13.2 Å². The van der Waals surface area contributed by atoms with Crippen LogP contribution >= 0.6 is 0 Å². The minimum atomic E-state index is -0.141. The largest absolute Gasteiger partial charge is 0.393 e. The molecule has 132 valence electrons. The van der Waals surface area contributed by atoms with Gasteiger partial charge in [0.2, 0.25) is 0 Å². The second-order valence-corrected chi connectivity index (χ2v) is 9.02. The van der Waals surface area contributed by atoms with E-state index >= 15 is 0 Å². The quantitative estimate of drug-likeness (QED) is 0.842. The van der Waals surface area contributed by atoms with Crippen LogP contribution in [-0.4, -0.2) is 30.7 Å². The van der Waals surface area contributed by atoms with Crippen LogP contribution in [-0.2, 0) is 9.53 Å². The monoisotopic (exact) mass is 330 g/mol. The van der Waals surface area contributed by atoms with Crippen LogP contribution in [0.3, 0.4) is 0 Å². The Morgan fingerprint density at radius 2 is 2.04 bits per heavy atom. The average molecular weight is 330 g/mol. The molecule has 0 aromatic rings. The number of ketones is 1. The molecule has 3 saturated carbocycles. The first kappa shape index (κ1) is 16.5. The van der Waals surface area contributed by atoms with Crippen molar-refractivity contribution in [2.75, 3.05) is 13.7 Å². The molecule has 0 amide bonds. The zero-order chi connectivity index (χ0) is 17.1. The summed E-state index contributed by atoms with van der Waals surface area (Å²) in [4.78, 5) is 12.0. The van der Waals surface area contributed by atoms with Crippen LogP contribution in [0, 0.1) is 34.5 Å². The lowest BCUT2D eigenvalue weighted by Gasteiger charge is -2.58. The zero-order valence-corrected chi connectivity index (χ0v) is 15.1. The lowest BCUT2D eigenvalue weighted by atomic mass is 9.46. The third kappa shape index (κ3) is 2.13. The maximum atomic E-state index is 12.0. The van der Waals surface area contributed by atoms with Crippen molar-refractivity contribution in [2.24, 2.45) is 34.5 Å². The van der Waals surface area contributed by atoms with Crippen LogP contribution in [0.4, 0.5) is 0 Å². The van der Waals surface area contributed by atoms with E-state index in [2.05, 4.69) is 19.9 Å². The topological polar surface area (TPSA) is 46.5 Å². The Bertz CT molecular complexity index is 606. The Hall–Kier alpha value is -0.930. The Kier molecular flexibility index (Phi) is 3.81. The van der Waals surface area contributed by atoms with Gasteiger partial charge in [-0.15, -0.1) is 0 Å². The number of aliphatic hydroxyl groups is 1. The molecule has 0 aromatic heterocycles. The molecule has 1 N–H and O–H groups in total. The molecule has 0 aliphatic heterocycles. The van der Waals surface area contributed by atoms with E-state index in [0.29, 0.717) is 30.3 Å². The molecular formula is C21H30O3. The predicted molar refractivity (Wildman–Crippen MR) is 93.4 cm³/mol. The molecule has 0 spiro atoms. The molecule has 4 aliphatic carbocycles. The maximum absolute atomic E-state index is 12.0. The molecule has 0 aromatic carbocycles. The lowest BCUT2D eigenvalue weighted by Crippen LogP contribution is -2.52. The normalized spacial score (nSPS) is 50.1. The minimum Gasteiger partial charge on any atom is -0.393 e. The van der Waals surface area contributed by atoms with Crippen LogP contribution in [0.2, 0.25) is 0 Å². The van der Waals surface area contributed by atoms with E-state index < -0.39 is 0 Å². The van der Waals surface area contributed by atoms with E-state index in [1.807, 2.05) is 6.08 Å². The van der Waals surface area contributed by atoms with E-state index in [0.717, 1.165) is 32.1 Å². The fourth-order valence-corrected chi connectivity index (χ4v) is 6.75.